The van der Waals surface area contributed by atoms with E-state index in [4.69, 9.17) is 14.2 Å². The van der Waals surface area contributed by atoms with Crippen molar-refractivity contribution in [2.45, 2.75) is 0 Å². The lowest BCUT2D eigenvalue weighted by atomic mass is 10.0. The van der Waals surface area contributed by atoms with E-state index < -0.39 is 11.9 Å². The van der Waals surface area contributed by atoms with Crippen LogP contribution < -0.4 is 19.6 Å². The van der Waals surface area contributed by atoms with Crippen molar-refractivity contribution < 1.29 is 23.8 Å². The Bertz CT molecular complexity index is 1710. The van der Waals surface area contributed by atoms with Gasteiger partial charge in [-0.25, -0.2) is 10.2 Å². The lowest BCUT2D eigenvalue weighted by Crippen LogP contribution is -2.19. The number of nitrogens with zero attached hydrogens (tertiary/aromatic N) is 1. The zero-order chi connectivity index (χ0) is 28.1. The van der Waals surface area contributed by atoms with Gasteiger partial charge in [0.15, 0.2) is 0 Å². The van der Waals surface area contributed by atoms with Gasteiger partial charge in [-0.1, -0.05) is 46.3 Å². The Morgan fingerprint density at radius 3 is 2.33 bits per heavy atom. The quantitative estimate of drug-likeness (QED) is 0.0908. The van der Waals surface area contributed by atoms with Crippen molar-refractivity contribution in [2.75, 3.05) is 14.2 Å². The Balaban J connectivity index is 1.40. The van der Waals surface area contributed by atoms with Crippen LogP contribution in [0.3, 0.4) is 0 Å². The highest BCUT2D eigenvalue weighted by Crippen LogP contribution is 2.34. The lowest BCUT2D eigenvalue weighted by Gasteiger charge is -2.09. The number of carbonyl (C=O) groups is 2. The number of aromatic amines is 1. The predicted octanol–water partition coefficient (Wildman–Crippen LogP) is 6.60. The summed E-state index contributed by atoms with van der Waals surface area (Å²) in [6.45, 7) is 0. The molecule has 1 heterocycles. The molecule has 200 valence electrons. The first-order chi connectivity index (χ1) is 19.5. The number of aromatic nitrogens is 1. The molecular weight excluding hydrogens is 574 g/mol. The summed E-state index contributed by atoms with van der Waals surface area (Å²) in [5, 5.41) is 5.01. The maximum Gasteiger partial charge on any atom is 0.343 e. The molecule has 0 aliphatic carbocycles. The molecule has 0 atom stereocenters. The maximum atomic E-state index is 13.3. The molecule has 0 bridgehead atoms. The number of hydrazone groups is 1. The summed E-state index contributed by atoms with van der Waals surface area (Å²) >= 11 is 3.43. The van der Waals surface area contributed by atoms with E-state index in [2.05, 4.69) is 31.4 Å². The van der Waals surface area contributed by atoms with Crippen molar-refractivity contribution >= 4 is 44.9 Å². The predicted molar refractivity (Wildman–Crippen MR) is 157 cm³/mol. The molecule has 5 aromatic rings. The molecule has 0 fully saturated rings. The Morgan fingerprint density at radius 1 is 0.875 bits per heavy atom. The number of carbonyl (C=O) groups excluding carboxylic acids is 2. The maximum absolute atomic E-state index is 13.3. The van der Waals surface area contributed by atoms with Crippen molar-refractivity contribution in [3.05, 3.63) is 112 Å². The van der Waals surface area contributed by atoms with Gasteiger partial charge in [0.05, 0.1) is 26.0 Å². The number of benzene rings is 4. The van der Waals surface area contributed by atoms with Crippen LogP contribution in [0.4, 0.5) is 0 Å². The molecule has 0 saturated carbocycles. The molecule has 9 heteroatoms. The molecule has 0 spiro atoms. The summed E-state index contributed by atoms with van der Waals surface area (Å²) in [5.74, 6) is 0.625. The van der Waals surface area contributed by atoms with Gasteiger partial charge in [-0.05, 0) is 66.2 Å². The summed E-state index contributed by atoms with van der Waals surface area (Å²) in [5.41, 5.74) is 6.19. The normalized spacial score (nSPS) is 11.0. The molecule has 4 aromatic carbocycles. The van der Waals surface area contributed by atoms with Gasteiger partial charge in [0.25, 0.3) is 5.91 Å². The average Bonchev–Trinajstić information content (AvgIpc) is 3.37. The van der Waals surface area contributed by atoms with E-state index in [9.17, 15) is 9.59 Å². The number of ether oxygens (including phenoxy) is 3. The summed E-state index contributed by atoms with van der Waals surface area (Å²) in [7, 11) is 3.15. The van der Waals surface area contributed by atoms with Crippen molar-refractivity contribution in [3.63, 3.8) is 0 Å². The Labute approximate surface area is 238 Å². The fraction of sp³-hybridized carbons (Fsp3) is 0.0645. The van der Waals surface area contributed by atoms with E-state index >= 15 is 0 Å². The topological polar surface area (TPSA) is 102 Å². The second kappa shape index (κ2) is 11.9. The first kappa shape index (κ1) is 26.7. The Morgan fingerprint density at radius 2 is 1.60 bits per heavy atom. The first-order valence-electron chi connectivity index (χ1n) is 12.2. The van der Waals surface area contributed by atoms with Crippen LogP contribution in [0.2, 0.25) is 0 Å². The van der Waals surface area contributed by atoms with Gasteiger partial charge in [0.2, 0.25) is 0 Å². The fourth-order valence-corrected chi connectivity index (χ4v) is 4.57. The van der Waals surface area contributed by atoms with Crippen LogP contribution >= 0.6 is 15.9 Å². The third kappa shape index (κ3) is 5.74. The Hall–Kier alpha value is -4.89. The highest BCUT2D eigenvalue weighted by atomic mass is 79.9. The molecule has 0 unspecified atom stereocenters. The number of methoxy groups -OCH3 is 2. The van der Waals surface area contributed by atoms with Gasteiger partial charge in [0, 0.05) is 26.5 Å². The van der Waals surface area contributed by atoms with Gasteiger partial charge in [-0.15, -0.1) is 0 Å². The second-order valence-electron chi connectivity index (χ2n) is 8.65. The number of nitrogens with one attached hydrogen (secondary N) is 2. The van der Waals surface area contributed by atoms with Gasteiger partial charge < -0.3 is 19.2 Å². The molecule has 1 amide bonds. The third-order valence-corrected chi connectivity index (χ3v) is 6.66. The van der Waals surface area contributed by atoms with Gasteiger partial charge >= 0.3 is 5.97 Å². The lowest BCUT2D eigenvalue weighted by molar-refractivity contribution is 0.0734. The van der Waals surface area contributed by atoms with E-state index in [1.165, 1.54) is 6.21 Å². The third-order valence-electron chi connectivity index (χ3n) is 6.17. The number of rotatable bonds is 8. The minimum absolute atomic E-state index is 0.282. The number of H-pyrrole nitrogens is 1. The molecule has 0 radical (unpaired) electrons. The SMILES string of the molecule is COc1ccc(C(=O)Oc2ccc(Br)cc2C=NNC(=O)c2[nH]c3ccc(OC)cc3c2-c2ccccc2)cc1. The van der Waals surface area contributed by atoms with Crippen LogP contribution in [0.25, 0.3) is 22.0 Å². The molecule has 0 aliphatic heterocycles. The monoisotopic (exact) mass is 597 g/mol. The minimum Gasteiger partial charge on any atom is -0.497 e. The average molecular weight is 598 g/mol. The zero-order valence-corrected chi connectivity index (χ0v) is 23.2. The molecule has 8 nitrogen and oxygen atoms in total. The van der Waals surface area contributed by atoms with E-state index in [1.807, 2.05) is 48.5 Å². The van der Waals surface area contributed by atoms with Crippen LogP contribution in [0.5, 0.6) is 17.2 Å². The van der Waals surface area contributed by atoms with E-state index in [1.54, 1.807) is 56.7 Å². The van der Waals surface area contributed by atoms with Gasteiger partial charge in [-0.3, -0.25) is 4.79 Å². The largest absolute Gasteiger partial charge is 0.497 e. The molecule has 0 aliphatic rings. The second-order valence-corrected chi connectivity index (χ2v) is 9.57. The summed E-state index contributed by atoms with van der Waals surface area (Å²) < 4.78 is 16.9. The van der Waals surface area contributed by atoms with Crippen LogP contribution in [0.15, 0.2) is 101 Å². The van der Waals surface area contributed by atoms with Crippen LogP contribution in [-0.4, -0.2) is 37.3 Å². The van der Waals surface area contributed by atoms with E-state index in [-0.39, 0.29) is 5.75 Å². The number of amides is 1. The van der Waals surface area contributed by atoms with Crippen LogP contribution in [-0.2, 0) is 0 Å². The van der Waals surface area contributed by atoms with E-state index in [0.29, 0.717) is 28.3 Å². The number of hydrogen-bond acceptors (Lipinski definition) is 6. The summed E-state index contributed by atoms with van der Waals surface area (Å²) in [4.78, 5) is 29.3. The van der Waals surface area contributed by atoms with Crippen LogP contribution in [0.1, 0.15) is 26.4 Å². The van der Waals surface area contributed by atoms with Crippen molar-refractivity contribution in [3.8, 4) is 28.4 Å². The minimum atomic E-state index is -0.537. The number of fused-ring (bicyclic) bond motifs is 1. The Kier molecular flexibility index (Phi) is 7.93. The molecule has 1 aromatic heterocycles. The molecular formula is C31H24BrN3O5. The number of esters is 1. The van der Waals surface area contributed by atoms with Crippen molar-refractivity contribution in [2.24, 2.45) is 5.10 Å². The fourth-order valence-electron chi connectivity index (χ4n) is 4.19. The first-order valence-corrected chi connectivity index (χ1v) is 13.0. The summed E-state index contributed by atoms with van der Waals surface area (Å²) in [6, 6.07) is 26.9. The highest BCUT2D eigenvalue weighted by Gasteiger charge is 2.20. The van der Waals surface area contributed by atoms with Crippen LogP contribution in [0, 0.1) is 0 Å². The highest BCUT2D eigenvalue weighted by molar-refractivity contribution is 9.10. The molecule has 5 rings (SSSR count). The van der Waals surface area contributed by atoms with Crippen molar-refractivity contribution in [1.29, 1.82) is 0 Å². The summed E-state index contributed by atoms with van der Waals surface area (Å²) in [6.07, 6.45) is 1.42. The van der Waals surface area contributed by atoms with Gasteiger partial charge in [0.1, 0.15) is 22.9 Å². The smallest absolute Gasteiger partial charge is 0.343 e. The molecule has 40 heavy (non-hydrogen) atoms. The number of hydrogen-bond donors (Lipinski definition) is 2. The number of halogens is 1. The molecule has 2 N–H and O–H groups in total. The van der Waals surface area contributed by atoms with Crippen molar-refractivity contribution in [1.82, 2.24) is 10.4 Å². The molecule has 0 saturated heterocycles. The standard InChI is InChI=1S/C31H24BrN3O5/c1-38-23-11-8-20(9-12-23)31(37)40-27-15-10-22(32)16-21(27)18-33-35-30(36)29-28(19-6-4-3-5-7-19)25-17-24(39-2)13-14-26(25)34-29/h3-18,34H,1-2H3,(H,35,36). The zero-order valence-electron chi connectivity index (χ0n) is 21.6. The van der Waals surface area contributed by atoms with Gasteiger partial charge in [-0.2, -0.15) is 5.10 Å². The van der Waals surface area contributed by atoms with E-state index in [0.717, 1.165) is 26.5 Å².